The van der Waals surface area contributed by atoms with Crippen LogP contribution in [0, 0.1) is 0 Å². The van der Waals surface area contributed by atoms with E-state index in [1.165, 1.54) is 0 Å². The van der Waals surface area contributed by atoms with Crippen molar-refractivity contribution in [2.45, 2.75) is 37.5 Å². The molecule has 1 aromatic carbocycles. The molecule has 0 aliphatic carbocycles. The first-order chi connectivity index (χ1) is 13.8. The van der Waals surface area contributed by atoms with E-state index in [9.17, 15) is 4.79 Å². The highest BCUT2D eigenvalue weighted by Crippen LogP contribution is 2.30. The van der Waals surface area contributed by atoms with Gasteiger partial charge in [-0.3, -0.25) is 4.79 Å². The van der Waals surface area contributed by atoms with Gasteiger partial charge in [0.2, 0.25) is 5.91 Å². The van der Waals surface area contributed by atoms with E-state index in [-0.39, 0.29) is 24.1 Å². The fourth-order valence-electron chi connectivity index (χ4n) is 3.85. The van der Waals surface area contributed by atoms with Gasteiger partial charge < -0.3 is 14.1 Å². The number of hydrogen-bond acceptors (Lipinski definition) is 7. The molecule has 0 radical (unpaired) electrons. The van der Waals surface area contributed by atoms with Crippen molar-refractivity contribution in [3.8, 4) is 5.19 Å². The molecule has 2 aliphatic rings. The summed E-state index contributed by atoms with van der Waals surface area (Å²) in [5, 5.41) is 0.717. The smallest absolute Gasteiger partial charge is 0.274 e. The maximum absolute atomic E-state index is 12.8. The van der Waals surface area contributed by atoms with Crippen LogP contribution < -0.4 is 15.6 Å². The number of hydrazine groups is 1. The maximum atomic E-state index is 12.8. The number of aromatic nitrogens is 1. The Labute approximate surface area is 166 Å². The van der Waals surface area contributed by atoms with E-state index in [4.69, 9.17) is 9.15 Å². The molecule has 2 aromatic heterocycles. The first kappa shape index (κ1) is 17.7. The van der Waals surface area contributed by atoms with Crippen molar-refractivity contribution in [1.82, 2.24) is 20.7 Å². The number of rotatable bonds is 4. The van der Waals surface area contributed by atoms with Crippen molar-refractivity contribution < 1.29 is 13.9 Å². The first-order valence-corrected chi connectivity index (χ1v) is 10.4. The molecule has 0 spiro atoms. The third kappa shape index (κ3) is 3.50. The normalized spacial score (nSPS) is 23.4. The number of ether oxygens (including phenoxy) is 1. The molecule has 0 bridgehead atoms. The summed E-state index contributed by atoms with van der Waals surface area (Å²) in [5.41, 5.74) is 7.25. The Bertz CT molecular complexity index is 916. The summed E-state index contributed by atoms with van der Waals surface area (Å²) in [5.74, 6) is 0.991. The number of amides is 1. The lowest BCUT2D eigenvalue weighted by molar-refractivity contribution is -0.135. The third-order valence-corrected chi connectivity index (χ3v) is 6.31. The van der Waals surface area contributed by atoms with Crippen LogP contribution in [-0.4, -0.2) is 41.0 Å². The van der Waals surface area contributed by atoms with E-state index in [2.05, 4.69) is 21.9 Å². The first-order valence-electron chi connectivity index (χ1n) is 9.62. The minimum Gasteiger partial charge on any atom is -0.468 e. The van der Waals surface area contributed by atoms with Crippen molar-refractivity contribution in [2.24, 2.45) is 0 Å². The number of carbonyl (C=O) groups is 1. The summed E-state index contributed by atoms with van der Waals surface area (Å²) in [4.78, 5) is 19.3. The molecule has 0 saturated carbocycles. The molecule has 2 atom stereocenters. The topological polar surface area (TPSA) is 79.6 Å². The quantitative estimate of drug-likeness (QED) is 0.704. The van der Waals surface area contributed by atoms with Gasteiger partial charge in [0.05, 0.1) is 22.5 Å². The van der Waals surface area contributed by atoms with Crippen LogP contribution in [0.4, 0.5) is 0 Å². The number of carbonyl (C=O) groups excluding carboxylic acids is 1. The molecule has 3 aromatic rings. The average molecular weight is 398 g/mol. The summed E-state index contributed by atoms with van der Waals surface area (Å²) < 4.78 is 12.7. The van der Waals surface area contributed by atoms with Crippen LogP contribution >= 0.6 is 11.3 Å². The molecular formula is C20H22N4O3S. The molecule has 7 nitrogen and oxygen atoms in total. The SMILES string of the molecule is O=C(C1CC(c2ccco2)NN1)N1CCC(Oc2nc3ccccc3s2)CC1. The Morgan fingerprint density at radius 2 is 2.04 bits per heavy atom. The lowest BCUT2D eigenvalue weighted by Gasteiger charge is -2.33. The Hall–Kier alpha value is -2.42. The van der Waals surface area contributed by atoms with Gasteiger partial charge in [-0.1, -0.05) is 23.5 Å². The Morgan fingerprint density at radius 3 is 2.82 bits per heavy atom. The number of likely N-dealkylation sites (tertiary alicyclic amines) is 1. The van der Waals surface area contributed by atoms with Gasteiger partial charge in [-0.05, 0) is 30.7 Å². The highest BCUT2D eigenvalue weighted by Gasteiger charge is 2.35. The number of piperidine rings is 1. The number of hydrogen-bond donors (Lipinski definition) is 2. The zero-order valence-corrected chi connectivity index (χ0v) is 16.2. The van der Waals surface area contributed by atoms with Gasteiger partial charge in [0.15, 0.2) is 0 Å². The van der Waals surface area contributed by atoms with Crippen LogP contribution in [0.15, 0.2) is 47.1 Å². The lowest BCUT2D eigenvalue weighted by Crippen LogP contribution is -2.49. The van der Waals surface area contributed by atoms with E-state index in [0.717, 1.165) is 28.8 Å². The van der Waals surface area contributed by atoms with Gasteiger partial charge in [0.1, 0.15) is 17.9 Å². The summed E-state index contributed by atoms with van der Waals surface area (Å²) in [6, 6.07) is 11.6. The second-order valence-electron chi connectivity index (χ2n) is 7.23. The third-order valence-electron chi connectivity index (χ3n) is 5.38. The zero-order valence-electron chi connectivity index (χ0n) is 15.3. The summed E-state index contributed by atoms with van der Waals surface area (Å²) in [7, 11) is 0. The largest absolute Gasteiger partial charge is 0.468 e. The van der Waals surface area contributed by atoms with E-state index in [1.807, 2.05) is 35.2 Å². The van der Waals surface area contributed by atoms with Gasteiger partial charge in [-0.25, -0.2) is 15.8 Å². The van der Waals surface area contributed by atoms with Crippen molar-refractivity contribution in [3.05, 3.63) is 48.4 Å². The predicted octanol–water partition coefficient (Wildman–Crippen LogP) is 2.87. The minimum atomic E-state index is -0.225. The summed E-state index contributed by atoms with van der Waals surface area (Å²) in [6.07, 6.45) is 4.10. The van der Waals surface area contributed by atoms with Crippen LogP contribution in [0.3, 0.4) is 0 Å². The minimum absolute atomic E-state index is 0.0313. The number of furan rings is 1. The van der Waals surface area contributed by atoms with Crippen LogP contribution in [0.1, 0.15) is 31.1 Å². The Morgan fingerprint density at radius 1 is 1.18 bits per heavy atom. The summed E-state index contributed by atoms with van der Waals surface area (Å²) in [6.45, 7) is 1.41. The molecule has 2 fully saturated rings. The molecule has 1 amide bonds. The van der Waals surface area contributed by atoms with Crippen molar-refractivity contribution in [3.63, 3.8) is 0 Å². The van der Waals surface area contributed by atoms with E-state index < -0.39 is 0 Å². The predicted molar refractivity (Wildman–Crippen MR) is 106 cm³/mol. The molecule has 2 N–H and O–H groups in total. The molecule has 2 unspecified atom stereocenters. The molecule has 146 valence electrons. The number of benzene rings is 1. The monoisotopic (exact) mass is 398 g/mol. The van der Waals surface area contributed by atoms with Gasteiger partial charge in [-0.2, -0.15) is 0 Å². The Balaban J connectivity index is 1.14. The maximum Gasteiger partial charge on any atom is 0.274 e. The van der Waals surface area contributed by atoms with Gasteiger partial charge in [0, 0.05) is 25.9 Å². The van der Waals surface area contributed by atoms with Crippen LogP contribution in [-0.2, 0) is 4.79 Å². The number of nitrogens with one attached hydrogen (secondary N) is 2. The molecule has 8 heteroatoms. The van der Waals surface area contributed by atoms with Gasteiger partial charge in [0.25, 0.3) is 5.19 Å². The van der Waals surface area contributed by atoms with Gasteiger partial charge >= 0.3 is 0 Å². The summed E-state index contributed by atoms with van der Waals surface area (Å²) >= 11 is 1.58. The molecule has 4 heterocycles. The fourth-order valence-corrected chi connectivity index (χ4v) is 4.73. The fraction of sp³-hybridized carbons (Fsp3) is 0.400. The Kier molecular flexibility index (Phi) is 4.76. The van der Waals surface area contributed by atoms with Crippen LogP contribution in [0.25, 0.3) is 10.2 Å². The zero-order chi connectivity index (χ0) is 18.9. The van der Waals surface area contributed by atoms with Crippen LogP contribution in [0.2, 0.25) is 0 Å². The van der Waals surface area contributed by atoms with Crippen molar-refractivity contribution in [2.75, 3.05) is 13.1 Å². The molecule has 5 rings (SSSR count). The van der Waals surface area contributed by atoms with Crippen LogP contribution in [0.5, 0.6) is 5.19 Å². The second kappa shape index (κ2) is 7.54. The molecule has 2 aliphatic heterocycles. The number of nitrogens with zero attached hydrogens (tertiary/aromatic N) is 2. The molecule has 2 saturated heterocycles. The number of fused-ring (bicyclic) bond motifs is 1. The number of para-hydroxylation sites is 1. The average Bonchev–Trinajstić information content (AvgIpc) is 3.47. The van der Waals surface area contributed by atoms with E-state index >= 15 is 0 Å². The second-order valence-corrected chi connectivity index (χ2v) is 8.23. The van der Waals surface area contributed by atoms with E-state index in [1.54, 1.807) is 17.6 Å². The number of thiazole rings is 1. The van der Waals surface area contributed by atoms with Crippen molar-refractivity contribution >= 4 is 27.5 Å². The molecular weight excluding hydrogens is 376 g/mol. The highest BCUT2D eigenvalue weighted by atomic mass is 32.1. The van der Waals surface area contributed by atoms with Gasteiger partial charge in [-0.15, -0.1) is 0 Å². The molecule has 28 heavy (non-hydrogen) atoms. The van der Waals surface area contributed by atoms with Crippen molar-refractivity contribution in [1.29, 1.82) is 0 Å². The lowest BCUT2D eigenvalue weighted by atomic mass is 10.0. The standard InChI is InChI=1S/C20H22N4O3S/c25-19(16-12-15(22-23-16)17-5-3-11-26-17)24-9-7-13(8-10-24)27-20-21-14-4-1-2-6-18(14)28-20/h1-6,11,13,15-16,22-23H,7-10,12H2. The highest BCUT2D eigenvalue weighted by molar-refractivity contribution is 7.20. The van der Waals surface area contributed by atoms with E-state index in [0.29, 0.717) is 24.7 Å².